The Morgan fingerprint density at radius 3 is 2.94 bits per heavy atom. The lowest BCUT2D eigenvalue weighted by molar-refractivity contribution is 0.0696. The molecule has 2 N–H and O–H groups in total. The molecule has 1 aromatic heterocycles. The Bertz CT molecular complexity index is 481. The summed E-state index contributed by atoms with van der Waals surface area (Å²) in [5.74, 6) is -1.46. The van der Waals surface area contributed by atoms with Crippen LogP contribution in [0.25, 0.3) is 0 Å². The number of rotatable bonds is 3. The molecule has 1 amide bonds. The van der Waals surface area contributed by atoms with Crippen molar-refractivity contribution in [1.29, 1.82) is 0 Å². The van der Waals surface area contributed by atoms with Gasteiger partial charge in [-0.2, -0.15) is 0 Å². The zero-order chi connectivity index (χ0) is 13.2. The van der Waals surface area contributed by atoms with Crippen molar-refractivity contribution < 1.29 is 19.4 Å². The Balaban J connectivity index is 2.13. The number of pyridine rings is 1. The zero-order valence-electron chi connectivity index (χ0n) is 9.97. The van der Waals surface area contributed by atoms with Gasteiger partial charge in [0, 0.05) is 12.8 Å². The van der Waals surface area contributed by atoms with Crippen LogP contribution in [-0.2, 0) is 4.74 Å². The van der Waals surface area contributed by atoms with E-state index in [4.69, 9.17) is 9.84 Å². The van der Waals surface area contributed by atoms with Gasteiger partial charge in [-0.15, -0.1) is 0 Å². The topological polar surface area (TPSA) is 88.5 Å². The first-order valence-electron chi connectivity index (χ1n) is 5.60. The lowest BCUT2D eigenvalue weighted by atomic mass is 10.0. The molecule has 1 aliphatic rings. The highest BCUT2D eigenvalue weighted by molar-refractivity contribution is 5.96. The Kier molecular flexibility index (Phi) is 3.29. The Morgan fingerprint density at radius 1 is 1.56 bits per heavy atom. The molecule has 0 spiro atoms. The van der Waals surface area contributed by atoms with E-state index in [0.717, 1.165) is 6.42 Å². The second-order valence-electron chi connectivity index (χ2n) is 4.55. The summed E-state index contributed by atoms with van der Waals surface area (Å²) >= 11 is 0. The van der Waals surface area contributed by atoms with Crippen LogP contribution in [0.3, 0.4) is 0 Å². The van der Waals surface area contributed by atoms with Crippen LogP contribution in [0.1, 0.15) is 34.2 Å². The molecule has 1 atom stereocenters. The van der Waals surface area contributed by atoms with Crippen LogP contribution >= 0.6 is 0 Å². The van der Waals surface area contributed by atoms with Gasteiger partial charge in [0.1, 0.15) is 5.69 Å². The lowest BCUT2D eigenvalue weighted by Gasteiger charge is -2.23. The smallest absolute Gasteiger partial charge is 0.335 e. The Morgan fingerprint density at radius 2 is 2.33 bits per heavy atom. The number of carboxylic acids is 1. The molecule has 1 unspecified atom stereocenters. The average molecular weight is 250 g/mol. The summed E-state index contributed by atoms with van der Waals surface area (Å²) in [4.78, 5) is 26.6. The van der Waals surface area contributed by atoms with Gasteiger partial charge < -0.3 is 15.2 Å². The zero-order valence-corrected chi connectivity index (χ0v) is 9.97. The van der Waals surface area contributed by atoms with E-state index < -0.39 is 11.5 Å². The van der Waals surface area contributed by atoms with E-state index in [9.17, 15) is 9.59 Å². The van der Waals surface area contributed by atoms with Crippen molar-refractivity contribution in [1.82, 2.24) is 10.3 Å². The van der Waals surface area contributed by atoms with Crippen molar-refractivity contribution in [2.24, 2.45) is 0 Å². The number of ether oxygens (including phenoxy) is 1. The summed E-state index contributed by atoms with van der Waals surface area (Å²) in [6.45, 7) is 2.95. The van der Waals surface area contributed by atoms with Crippen molar-refractivity contribution in [3.05, 3.63) is 29.6 Å². The van der Waals surface area contributed by atoms with Crippen LogP contribution in [0.15, 0.2) is 18.3 Å². The minimum Gasteiger partial charge on any atom is -0.478 e. The quantitative estimate of drug-likeness (QED) is 0.823. The van der Waals surface area contributed by atoms with Gasteiger partial charge in [0.25, 0.3) is 5.91 Å². The summed E-state index contributed by atoms with van der Waals surface area (Å²) in [6.07, 6.45) is 2.04. The SMILES string of the molecule is CC1(NC(=O)c2cc(C(=O)O)ccn2)CCOC1. The van der Waals surface area contributed by atoms with E-state index in [2.05, 4.69) is 10.3 Å². The highest BCUT2D eigenvalue weighted by Gasteiger charge is 2.31. The average Bonchev–Trinajstić information content (AvgIpc) is 2.76. The second-order valence-corrected chi connectivity index (χ2v) is 4.55. The Labute approximate surface area is 104 Å². The number of amides is 1. The first-order valence-corrected chi connectivity index (χ1v) is 5.60. The maximum Gasteiger partial charge on any atom is 0.335 e. The molecule has 1 saturated heterocycles. The minimum atomic E-state index is -1.08. The number of hydrogen-bond acceptors (Lipinski definition) is 4. The summed E-state index contributed by atoms with van der Waals surface area (Å²) in [5, 5.41) is 11.7. The normalized spacial score (nSPS) is 22.7. The van der Waals surface area contributed by atoms with Gasteiger partial charge in [0.15, 0.2) is 0 Å². The van der Waals surface area contributed by atoms with E-state index in [1.165, 1.54) is 18.3 Å². The van der Waals surface area contributed by atoms with Crippen molar-refractivity contribution in [2.75, 3.05) is 13.2 Å². The molecule has 2 heterocycles. The van der Waals surface area contributed by atoms with Crippen LogP contribution < -0.4 is 5.32 Å². The second kappa shape index (κ2) is 4.73. The van der Waals surface area contributed by atoms with Gasteiger partial charge in [0.2, 0.25) is 0 Å². The van der Waals surface area contributed by atoms with E-state index >= 15 is 0 Å². The van der Waals surface area contributed by atoms with Crippen LogP contribution in [0.5, 0.6) is 0 Å². The van der Waals surface area contributed by atoms with Crippen LogP contribution in [-0.4, -0.2) is 40.7 Å². The minimum absolute atomic E-state index is 0.0444. The first-order chi connectivity index (χ1) is 8.50. The summed E-state index contributed by atoms with van der Waals surface area (Å²) < 4.78 is 5.23. The summed E-state index contributed by atoms with van der Waals surface area (Å²) in [5.41, 5.74) is -0.260. The van der Waals surface area contributed by atoms with Crippen LogP contribution in [0.2, 0.25) is 0 Å². The fraction of sp³-hybridized carbons (Fsp3) is 0.417. The standard InChI is InChI=1S/C12H14N2O4/c1-12(3-5-18-7-12)14-10(15)9-6-8(11(16)17)2-4-13-9/h2,4,6H,3,5,7H2,1H3,(H,14,15)(H,16,17). The molecule has 0 aromatic carbocycles. The molecule has 6 nitrogen and oxygen atoms in total. The molecule has 6 heteroatoms. The van der Waals surface area contributed by atoms with E-state index in [-0.39, 0.29) is 17.2 Å². The molecule has 1 aliphatic heterocycles. The molecule has 18 heavy (non-hydrogen) atoms. The third-order valence-corrected chi connectivity index (χ3v) is 2.87. The molecular formula is C12H14N2O4. The van der Waals surface area contributed by atoms with Gasteiger partial charge in [-0.25, -0.2) is 4.79 Å². The Hall–Kier alpha value is -1.95. The number of carbonyl (C=O) groups excluding carboxylic acids is 1. The van der Waals surface area contributed by atoms with Crippen molar-refractivity contribution in [3.8, 4) is 0 Å². The number of carbonyl (C=O) groups is 2. The largest absolute Gasteiger partial charge is 0.478 e. The predicted octanol–water partition coefficient (Wildman–Crippen LogP) is 0.689. The number of carboxylic acid groups (broad SMARTS) is 1. The number of hydrogen-bond donors (Lipinski definition) is 2. The monoisotopic (exact) mass is 250 g/mol. The third kappa shape index (κ3) is 2.65. The highest BCUT2D eigenvalue weighted by atomic mass is 16.5. The number of aromatic carboxylic acids is 1. The lowest BCUT2D eigenvalue weighted by Crippen LogP contribution is -2.46. The molecule has 0 aliphatic carbocycles. The molecule has 1 aromatic rings. The van der Waals surface area contributed by atoms with Crippen molar-refractivity contribution in [2.45, 2.75) is 18.9 Å². The fourth-order valence-electron chi connectivity index (χ4n) is 1.79. The van der Waals surface area contributed by atoms with Gasteiger partial charge >= 0.3 is 5.97 Å². The number of nitrogens with one attached hydrogen (secondary N) is 1. The van der Waals surface area contributed by atoms with Gasteiger partial charge in [0.05, 0.1) is 17.7 Å². The molecular weight excluding hydrogens is 236 g/mol. The third-order valence-electron chi connectivity index (χ3n) is 2.87. The maximum absolute atomic E-state index is 12.0. The maximum atomic E-state index is 12.0. The first kappa shape index (κ1) is 12.5. The van der Waals surface area contributed by atoms with Crippen LogP contribution in [0.4, 0.5) is 0 Å². The molecule has 0 bridgehead atoms. The van der Waals surface area contributed by atoms with E-state index in [1.807, 2.05) is 6.92 Å². The summed E-state index contributed by atoms with van der Waals surface area (Å²) in [6, 6.07) is 2.61. The summed E-state index contributed by atoms with van der Waals surface area (Å²) in [7, 11) is 0. The number of aromatic nitrogens is 1. The predicted molar refractivity (Wildman–Crippen MR) is 62.5 cm³/mol. The van der Waals surface area contributed by atoms with Gasteiger partial charge in [-0.1, -0.05) is 0 Å². The van der Waals surface area contributed by atoms with Crippen LogP contribution in [0, 0.1) is 0 Å². The molecule has 96 valence electrons. The molecule has 0 radical (unpaired) electrons. The highest BCUT2D eigenvalue weighted by Crippen LogP contribution is 2.18. The van der Waals surface area contributed by atoms with E-state index in [1.54, 1.807) is 0 Å². The fourth-order valence-corrected chi connectivity index (χ4v) is 1.79. The van der Waals surface area contributed by atoms with Gasteiger partial charge in [-0.3, -0.25) is 9.78 Å². The van der Waals surface area contributed by atoms with Gasteiger partial charge in [-0.05, 0) is 25.5 Å². The molecule has 1 fully saturated rings. The molecule has 2 rings (SSSR count). The molecule has 0 saturated carbocycles. The number of nitrogens with zero attached hydrogens (tertiary/aromatic N) is 1. The van der Waals surface area contributed by atoms with Crippen molar-refractivity contribution in [3.63, 3.8) is 0 Å². The van der Waals surface area contributed by atoms with E-state index in [0.29, 0.717) is 13.2 Å². The van der Waals surface area contributed by atoms with Crippen molar-refractivity contribution >= 4 is 11.9 Å².